The largest absolute Gasteiger partial charge is 0.352 e. The highest BCUT2D eigenvalue weighted by Gasteiger charge is 2.35. The van der Waals surface area contributed by atoms with Crippen molar-refractivity contribution in [1.29, 1.82) is 0 Å². The highest BCUT2D eigenvalue weighted by Crippen LogP contribution is 2.34. The minimum absolute atomic E-state index is 0.0914. The monoisotopic (exact) mass is 416 g/mol. The molecular formula is C22H24N8O. The van der Waals surface area contributed by atoms with Crippen LogP contribution < -0.4 is 15.1 Å². The fourth-order valence-electron chi connectivity index (χ4n) is 4.52. The molecule has 1 atom stereocenters. The number of amides is 1. The second-order valence-corrected chi connectivity index (χ2v) is 8.61. The van der Waals surface area contributed by atoms with Gasteiger partial charge in [-0.05, 0) is 37.0 Å². The molecule has 0 spiro atoms. The normalized spacial score (nSPS) is 20.9. The van der Waals surface area contributed by atoms with Crippen molar-refractivity contribution in [3.63, 3.8) is 0 Å². The molecule has 1 N–H and O–H groups in total. The van der Waals surface area contributed by atoms with Crippen LogP contribution in [0.2, 0.25) is 0 Å². The number of fused-ring (bicyclic) bond motifs is 1. The Morgan fingerprint density at radius 1 is 1.10 bits per heavy atom. The predicted octanol–water partition coefficient (Wildman–Crippen LogP) is 1.62. The SMILES string of the molecule is Cn1cc(-c2cnc3c(c2)C(=O)N(c2ccc(N4CCN[C@@H](C5CC5)C4)nn2)C3)cn1. The van der Waals surface area contributed by atoms with E-state index in [2.05, 4.69) is 30.5 Å². The minimum atomic E-state index is -0.0914. The van der Waals surface area contributed by atoms with Gasteiger partial charge >= 0.3 is 0 Å². The third kappa shape index (κ3) is 3.34. The molecule has 0 aromatic carbocycles. The van der Waals surface area contributed by atoms with Crippen LogP contribution in [0.1, 0.15) is 28.9 Å². The van der Waals surface area contributed by atoms with Gasteiger partial charge in [0.2, 0.25) is 0 Å². The van der Waals surface area contributed by atoms with Crippen LogP contribution >= 0.6 is 0 Å². The Hall–Kier alpha value is -3.33. The van der Waals surface area contributed by atoms with Crippen molar-refractivity contribution in [3.05, 3.63) is 48.0 Å². The molecule has 3 aliphatic rings. The molecule has 1 saturated carbocycles. The van der Waals surface area contributed by atoms with Crippen molar-refractivity contribution in [2.24, 2.45) is 13.0 Å². The zero-order chi connectivity index (χ0) is 20.9. The standard InChI is InChI=1S/C22H24N8O/c1-28-11-16(10-25-28)15-8-17-19(24-9-15)13-30(22(17)31)21-5-4-20(26-27-21)29-7-6-23-18(12-29)14-2-3-14/h4-5,8-11,14,18,23H,2-3,6-7,12-13H2,1H3/t18-/m1/s1. The topological polar surface area (TPSA) is 92.1 Å². The van der Waals surface area contributed by atoms with Gasteiger partial charge in [0.25, 0.3) is 5.91 Å². The van der Waals surface area contributed by atoms with E-state index in [1.807, 2.05) is 31.4 Å². The molecule has 5 heterocycles. The zero-order valence-electron chi connectivity index (χ0n) is 17.4. The number of anilines is 2. The second-order valence-electron chi connectivity index (χ2n) is 8.61. The van der Waals surface area contributed by atoms with Crippen molar-refractivity contribution in [3.8, 4) is 11.1 Å². The number of pyridine rings is 1. The van der Waals surface area contributed by atoms with Crippen molar-refractivity contribution < 1.29 is 4.79 Å². The molecule has 3 aromatic rings. The van der Waals surface area contributed by atoms with E-state index >= 15 is 0 Å². The maximum Gasteiger partial charge on any atom is 0.261 e. The number of aromatic nitrogens is 5. The van der Waals surface area contributed by atoms with Crippen molar-refractivity contribution in [2.75, 3.05) is 29.4 Å². The molecule has 1 amide bonds. The molecule has 2 fully saturated rings. The number of nitrogens with zero attached hydrogens (tertiary/aromatic N) is 7. The van der Waals surface area contributed by atoms with Gasteiger partial charge in [-0.3, -0.25) is 19.4 Å². The lowest BCUT2D eigenvalue weighted by Crippen LogP contribution is -2.52. The molecule has 6 rings (SSSR count). The Labute approximate surface area is 180 Å². The number of rotatable bonds is 4. The third-order valence-corrected chi connectivity index (χ3v) is 6.43. The first-order valence-electron chi connectivity index (χ1n) is 10.8. The van der Waals surface area contributed by atoms with Crippen LogP contribution in [-0.4, -0.2) is 56.5 Å². The third-order valence-electron chi connectivity index (χ3n) is 6.43. The maximum absolute atomic E-state index is 13.1. The van der Waals surface area contributed by atoms with Gasteiger partial charge in [0.15, 0.2) is 11.6 Å². The number of hydrogen-bond donors (Lipinski definition) is 1. The van der Waals surface area contributed by atoms with Crippen LogP contribution in [0.15, 0.2) is 36.8 Å². The molecule has 31 heavy (non-hydrogen) atoms. The second kappa shape index (κ2) is 7.12. The molecule has 0 unspecified atom stereocenters. The van der Waals surface area contributed by atoms with Gasteiger partial charge in [-0.25, -0.2) is 0 Å². The summed E-state index contributed by atoms with van der Waals surface area (Å²) in [5, 5.41) is 16.7. The van der Waals surface area contributed by atoms with Gasteiger partial charge in [0, 0.05) is 56.2 Å². The van der Waals surface area contributed by atoms with Gasteiger partial charge < -0.3 is 10.2 Å². The van der Waals surface area contributed by atoms with Crippen LogP contribution in [0.3, 0.4) is 0 Å². The Balaban J connectivity index is 1.20. The lowest BCUT2D eigenvalue weighted by Gasteiger charge is -2.34. The number of aryl methyl sites for hydroxylation is 1. The average Bonchev–Trinajstić information content (AvgIpc) is 3.49. The summed E-state index contributed by atoms with van der Waals surface area (Å²) in [6.07, 6.45) is 8.13. The van der Waals surface area contributed by atoms with E-state index in [4.69, 9.17) is 0 Å². The van der Waals surface area contributed by atoms with Crippen LogP contribution in [0.4, 0.5) is 11.6 Å². The number of piperazine rings is 1. The van der Waals surface area contributed by atoms with E-state index in [1.165, 1.54) is 12.8 Å². The molecule has 9 heteroatoms. The highest BCUT2D eigenvalue weighted by molar-refractivity contribution is 6.09. The van der Waals surface area contributed by atoms with Crippen molar-refractivity contribution in [2.45, 2.75) is 25.4 Å². The fourth-order valence-corrected chi connectivity index (χ4v) is 4.52. The van der Waals surface area contributed by atoms with E-state index in [9.17, 15) is 4.79 Å². The van der Waals surface area contributed by atoms with Crippen LogP contribution in [0.5, 0.6) is 0 Å². The van der Waals surface area contributed by atoms with Gasteiger partial charge in [-0.15, -0.1) is 10.2 Å². The summed E-state index contributed by atoms with van der Waals surface area (Å²) >= 11 is 0. The molecule has 2 aliphatic heterocycles. The van der Waals surface area contributed by atoms with Gasteiger partial charge in [-0.1, -0.05) is 0 Å². The van der Waals surface area contributed by atoms with E-state index in [-0.39, 0.29) is 5.91 Å². The summed E-state index contributed by atoms with van der Waals surface area (Å²) < 4.78 is 1.74. The summed E-state index contributed by atoms with van der Waals surface area (Å²) in [4.78, 5) is 21.5. The molecular weight excluding hydrogens is 392 g/mol. The smallest absolute Gasteiger partial charge is 0.261 e. The quantitative estimate of drug-likeness (QED) is 0.691. The van der Waals surface area contributed by atoms with E-state index in [1.54, 1.807) is 22.0 Å². The molecule has 0 radical (unpaired) electrons. The summed E-state index contributed by atoms with van der Waals surface area (Å²) in [5.41, 5.74) is 3.20. The van der Waals surface area contributed by atoms with Gasteiger partial charge in [0.05, 0.1) is 24.0 Å². The van der Waals surface area contributed by atoms with E-state index < -0.39 is 0 Å². The lowest BCUT2D eigenvalue weighted by atomic mass is 10.1. The minimum Gasteiger partial charge on any atom is -0.352 e. The molecule has 9 nitrogen and oxygen atoms in total. The summed E-state index contributed by atoms with van der Waals surface area (Å²) in [6.45, 7) is 3.27. The molecule has 1 saturated heterocycles. The summed E-state index contributed by atoms with van der Waals surface area (Å²) in [5.74, 6) is 2.15. The van der Waals surface area contributed by atoms with Crippen LogP contribution in [-0.2, 0) is 13.6 Å². The van der Waals surface area contributed by atoms with Crippen molar-refractivity contribution >= 4 is 17.5 Å². The Bertz CT molecular complexity index is 1140. The lowest BCUT2D eigenvalue weighted by molar-refractivity contribution is 0.0995. The summed E-state index contributed by atoms with van der Waals surface area (Å²) in [6, 6.07) is 6.30. The van der Waals surface area contributed by atoms with E-state index in [0.717, 1.165) is 48.2 Å². The summed E-state index contributed by atoms with van der Waals surface area (Å²) in [7, 11) is 1.87. The Morgan fingerprint density at radius 2 is 1.94 bits per heavy atom. The van der Waals surface area contributed by atoms with Crippen LogP contribution in [0, 0.1) is 5.92 Å². The Kier molecular flexibility index (Phi) is 4.24. The number of hydrogen-bond acceptors (Lipinski definition) is 7. The molecule has 0 bridgehead atoms. The fraction of sp³-hybridized carbons (Fsp3) is 0.409. The highest BCUT2D eigenvalue weighted by atomic mass is 16.2. The molecule has 3 aromatic heterocycles. The number of nitrogens with one attached hydrogen (secondary N) is 1. The molecule has 158 valence electrons. The van der Waals surface area contributed by atoms with Crippen molar-refractivity contribution in [1.82, 2.24) is 30.3 Å². The zero-order valence-corrected chi connectivity index (χ0v) is 17.4. The number of carbonyl (C=O) groups is 1. The first kappa shape index (κ1) is 18.4. The first-order chi connectivity index (χ1) is 15.2. The van der Waals surface area contributed by atoms with Gasteiger partial charge in [0.1, 0.15) is 0 Å². The Morgan fingerprint density at radius 3 is 2.68 bits per heavy atom. The average molecular weight is 416 g/mol. The maximum atomic E-state index is 13.1. The molecule has 1 aliphatic carbocycles. The predicted molar refractivity (Wildman–Crippen MR) is 116 cm³/mol. The van der Waals surface area contributed by atoms with E-state index in [0.29, 0.717) is 24.0 Å². The van der Waals surface area contributed by atoms with Crippen LogP contribution in [0.25, 0.3) is 11.1 Å². The first-order valence-corrected chi connectivity index (χ1v) is 10.8. The number of carbonyl (C=O) groups excluding carboxylic acids is 1. The van der Waals surface area contributed by atoms with Gasteiger partial charge in [-0.2, -0.15) is 5.10 Å².